The molecule has 0 N–H and O–H groups in total. The van der Waals surface area contributed by atoms with Gasteiger partial charge < -0.3 is 4.57 Å². The minimum atomic E-state index is -0.523. The second kappa shape index (κ2) is 22.4. The van der Waals surface area contributed by atoms with Gasteiger partial charge in [0.2, 0.25) is 0 Å². The highest BCUT2D eigenvalue weighted by atomic mass is 32.2. The van der Waals surface area contributed by atoms with Gasteiger partial charge in [0.05, 0.1) is 40.9 Å². The largest absolute Gasteiger partial charge is 0.309 e. The molecule has 82 heavy (non-hydrogen) atoms. The lowest BCUT2D eigenvalue weighted by Crippen LogP contribution is -2.33. The second-order valence-electron chi connectivity index (χ2n) is 21.8. The molecule has 0 bridgehead atoms. The van der Waals surface area contributed by atoms with Gasteiger partial charge in [-0.05, 0) is 145 Å². The number of hydrogen-bond donors (Lipinski definition) is 0. The average Bonchev–Trinajstić information content (AvgIpc) is 1.77. The van der Waals surface area contributed by atoms with Crippen molar-refractivity contribution >= 4 is 57.6 Å². The number of para-hydroxylation sites is 3. The molecule has 1 spiro atoms. The molecule has 10 aromatic carbocycles. The number of rotatable bonds is 12. The average molecular weight is 1080 g/mol. The Kier molecular flexibility index (Phi) is 14.7. The van der Waals surface area contributed by atoms with Crippen molar-refractivity contribution in [2.45, 2.75) is 69.9 Å². The van der Waals surface area contributed by atoms with E-state index in [1.54, 1.807) is 11.8 Å². The van der Waals surface area contributed by atoms with Crippen LogP contribution in [0.25, 0.3) is 61.4 Å². The summed E-state index contributed by atoms with van der Waals surface area (Å²) in [7, 11) is 0. The Labute approximate surface area is 488 Å². The summed E-state index contributed by atoms with van der Waals surface area (Å²) in [6.07, 6.45) is 5.24. The third-order valence-electron chi connectivity index (χ3n) is 16.9. The molecular weight excluding hydrogens is 1010 g/mol. The zero-order valence-corrected chi connectivity index (χ0v) is 48.4. The van der Waals surface area contributed by atoms with E-state index in [0.717, 1.165) is 44.2 Å². The molecule has 1 aliphatic heterocycles. The van der Waals surface area contributed by atoms with Crippen molar-refractivity contribution in [3.63, 3.8) is 0 Å². The molecule has 4 heteroatoms. The zero-order chi connectivity index (χ0) is 56.5. The van der Waals surface area contributed by atoms with E-state index in [0.29, 0.717) is 13.1 Å². The number of fused-ring (bicyclic) bond motifs is 15. The van der Waals surface area contributed by atoms with Crippen LogP contribution in [0.1, 0.15) is 101 Å². The summed E-state index contributed by atoms with van der Waals surface area (Å²) < 4.78 is 2.50. The maximum absolute atomic E-state index is 5.54. The van der Waals surface area contributed by atoms with Gasteiger partial charge in [0.15, 0.2) is 0 Å². The van der Waals surface area contributed by atoms with Crippen LogP contribution in [0.3, 0.4) is 0 Å². The van der Waals surface area contributed by atoms with Gasteiger partial charge in [-0.15, -0.1) is 0 Å². The minimum absolute atomic E-state index is 0.145. The van der Waals surface area contributed by atoms with Crippen molar-refractivity contribution in [1.29, 1.82) is 0 Å². The van der Waals surface area contributed by atoms with Crippen molar-refractivity contribution in [2.24, 2.45) is 9.98 Å². The van der Waals surface area contributed by atoms with Gasteiger partial charge in [0, 0.05) is 31.6 Å². The first-order chi connectivity index (χ1) is 40.2. The smallest absolute Gasteiger partial charge is 0.0784 e. The molecule has 0 amide bonds. The predicted octanol–water partition coefficient (Wildman–Crippen LogP) is 20.3. The van der Waals surface area contributed by atoms with E-state index in [-0.39, 0.29) is 5.41 Å². The number of nitrogens with zero attached hydrogens (tertiary/aromatic N) is 3. The number of hydrogen-bond acceptors (Lipinski definition) is 3. The van der Waals surface area contributed by atoms with E-state index in [9.17, 15) is 0 Å². The molecule has 0 radical (unpaired) electrons. The van der Waals surface area contributed by atoms with Crippen LogP contribution in [0.15, 0.2) is 270 Å². The van der Waals surface area contributed by atoms with Gasteiger partial charge >= 0.3 is 0 Å². The molecule has 14 rings (SSSR count). The predicted molar refractivity (Wildman–Crippen MR) is 352 cm³/mol. The molecule has 3 nitrogen and oxygen atoms in total. The minimum Gasteiger partial charge on any atom is -0.309 e. The maximum Gasteiger partial charge on any atom is 0.0784 e. The van der Waals surface area contributed by atoms with E-state index in [4.69, 9.17) is 11.6 Å². The molecule has 400 valence electrons. The van der Waals surface area contributed by atoms with Crippen LogP contribution >= 0.6 is 11.8 Å². The summed E-state index contributed by atoms with van der Waals surface area (Å²) in [4.78, 5) is 11.8. The fourth-order valence-electron chi connectivity index (χ4n) is 13.0. The lowest BCUT2D eigenvalue weighted by Gasteiger charge is -2.39. The van der Waals surface area contributed by atoms with E-state index in [2.05, 4.69) is 274 Å². The molecule has 0 saturated carbocycles. The van der Waals surface area contributed by atoms with Gasteiger partial charge in [0.25, 0.3) is 0 Å². The number of aromatic nitrogens is 1. The summed E-state index contributed by atoms with van der Waals surface area (Å²) in [6.45, 7) is 24.6. The SMILES string of the molecule is C/C(=C\Cc1ccccc1)c1ccccc1.C=Cc1ccc2c(c1)-c1cc(CN=C(C(=C)Sc3ccccc3CN=C)c3ccc4c(c3)C(C)(C)c3ccccc3-4)ccc1C21c2ccccc2-n2c3ccccc3c3cccc1c32.CC. The standard InChI is InChI=1S/C60H45N3S.C16H16.C2H6/c1-6-38-26-30-49-46(32-38)47-33-39(27-31-50(47)60(49)51-21-11-13-24-55(51)63-54-23-12-9-18-44(54)45-19-15-22-52(60)58(45)63)35-62-57(37(2)64-56-25-14-7-16-41(56)36-61-5)40-28-29-43-42-17-8-10-20-48(42)59(3,4)53(43)34-40;1-14(16-10-6-3-7-11-16)12-13-15-8-4-2-5-9-15;1-2/h6-34H,1-2,5,35-36H2,3-4H3;2-12H,13H2,1H3;1-2H3/b;14-12+;. The monoisotopic (exact) mass is 1080 g/mol. The Morgan fingerprint density at radius 3 is 1.98 bits per heavy atom. The zero-order valence-electron chi connectivity index (χ0n) is 47.6. The Morgan fingerprint density at radius 2 is 1.18 bits per heavy atom. The number of allylic oxidation sites excluding steroid dienone is 3. The maximum atomic E-state index is 5.54. The van der Waals surface area contributed by atoms with Crippen LogP contribution in [-0.2, 0) is 30.3 Å². The van der Waals surface area contributed by atoms with E-state index in [1.165, 1.54) is 99.8 Å². The fourth-order valence-corrected chi connectivity index (χ4v) is 14.0. The van der Waals surface area contributed by atoms with Crippen LogP contribution in [0.4, 0.5) is 0 Å². The topological polar surface area (TPSA) is 29.6 Å². The number of benzene rings is 10. The van der Waals surface area contributed by atoms with Crippen molar-refractivity contribution < 1.29 is 0 Å². The van der Waals surface area contributed by atoms with E-state index < -0.39 is 5.41 Å². The third-order valence-corrected chi connectivity index (χ3v) is 17.9. The van der Waals surface area contributed by atoms with Crippen molar-refractivity contribution in [1.82, 2.24) is 4.57 Å². The summed E-state index contributed by atoms with van der Waals surface area (Å²) in [5.41, 5.74) is 25.3. The molecule has 2 aliphatic carbocycles. The number of thioether (sulfide) groups is 1. The van der Waals surface area contributed by atoms with Crippen LogP contribution in [0, 0.1) is 0 Å². The molecule has 1 atom stereocenters. The summed E-state index contributed by atoms with van der Waals surface area (Å²) in [6, 6.07) is 83.9. The summed E-state index contributed by atoms with van der Waals surface area (Å²) >= 11 is 1.66. The van der Waals surface area contributed by atoms with Gasteiger partial charge in [-0.1, -0.05) is 259 Å². The third kappa shape index (κ3) is 9.12. The molecular formula is C78H67N3S. The van der Waals surface area contributed by atoms with Crippen LogP contribution in [-0.4, -0.2) is 17.0 Å². The number of aliphatic imine (C=N–C) groups is 2. The highest BCUT2D eigenvalue weighted by Gasteiger charge is 2.51. The molecule has 2 heterocycles. The summed E-state index contributed by atoms with van der Waals surface area (Å²) in [5, 5.41) is 2.55. The Morgan fingerprint density at radius 1 is 0.537 bits per heavy atom. The van der Waals surface area contributed by atoms with Crippen molar-refractivity contribution in [2.75, 3.05) is 0 Å². The molecule has 11 aromatic rings. The van der Waals surface area contributed by atoms with Crippen LogP contribution in [0.5, 0.6) is 0 Å². The van der Waals surface area contributed by atoms with Gasteiger partial charge in [-0.3, -0.25) is 9.98 Å². The van der Waals surface area contributed by atoms with Gasteiger partial charge in [-0.25, -0.2) is 0 Å². The fraction of sp³-hybridized carbons (Fsp3) is 0.128. The lowest BCUT2D eigenvalue weighted by atomic mass is 9.65. The van der Waals surface area contributed by atoms with Crippen molar-refractivity contribution in [3.8, 4) is 27.9 Å². The van der Waals surface area contributed by atoms with E-state index >= 15 is 0 Å². The molecule has 1 aromatic heterocycles. The normalized spacial score (nSPS) is 14.8. The lowest BCUT2D eigenvalue weighted by molar-refractivity contribution is 0.660. The highest BCUT2D eigenvalue weighted by molar-refractivity contribution is 8.04. The Balaban J connectivity index is 0.000000317. The first kappa shape index (κ1) is 53.5. The van der Waals surface area contributed by atoms with E-state index in [1.807, 2.05) is 26.0 Å². The van der Waals surface area contributed by atoms with Gasteiger partial charge in [-0.2, -0.15) is 0 Å². The highest BCUT2D eigenvalue weighted by Crippen LogP contribution is 2.61. The molecule has 3 aliphatic rings. The first-order valence-electron chi connectivity index (χ1n) is 28.6. The molecule has 0 saturated heterocycles. The van der Waals surface area contributed by atoms with Crippen LogP contribution < -0.4 is 0 Å². The van der Waals surface area contributed by atoms with Crippen LogP contribution in [0.2, 0.25) is 0 Å². The molecule has 0 fully saturated rings. The second-order valence-corrected chi connectivity index (χ2v) is 22.9. The Bertz CT molecular complexity index is 4340. The van der Waals surface area contributed by atoms with Gasteiger partial charge in [0.1, 0.15) is 0 Å². The van der Waals surface area contributed by atoms with Crippen molar-refractivity contribution in [3.05, 3.63) is 321 Å². The Hall–Kier alpha value is -9.09. The summed E-state index contributed by atoms with van der Waals surface area (Å²) in [5.74, 6) is 0. The first-order valence-corrected chi connectivity index (χ1v) is 29.5. The molecule has 1 unspecified atom stereocenters. The quantitative estimate of drug-likeness (QED) is 0.0886.